The van der Waals surface area contributed by atoms with Crippen molar-refractivity contribution in [3.63, 3.8) is 0 Å². The monoisotopic (exact) mass is 390 g/mol. The normalized spacial score (nSPS) is 13.1. The Bertz CT molecular complexity index is 1110. The average Bonchev–Trinajstić information content (AvgIpc) is 3.13. The first-order valence-corrected chi connectivity index (χ1v) is 9.26. The average molecular weight is 390 g/mol. The van der Waals surface area contributed by atoms with Gasteiger partial charge in [-0.2, -0.15) is 0 Å². The van der Waals surface area contributed by atoms with Crippen molar-refractivity contribution in [2.45, 2.75) is 20.4 Å². The molecule has 1 aliphatic rings. The molecule has 5 nitrogen and oxygen atoms in total. The van der Waals surface area contributed by atoms with Gasteiger partial charge in [-0.3, -0.25) is 19.3 Å². The molecule has 2 amide bonds. The zero-order valence-corrected chi connectivity index (χ0v) is 16.1. The first-order chi connectivity index (χ1) is 13.9. The molecule has 0 aliphatic carbocycles. The molecule has 0 radical (unpaired) electrons. The maximum atomic E-state index is 13.1. The van der Waals surface area contributed by atoms with E-state index in [1.54, 1.807) is 42.5 Å². The third-order valence-electron chi connectivity index (χ3n) is 5.31. The zero-order valence-electron chi connectivity index (χ0n) is 16.1. The number of amides is 2. The Morgan fingerprint density at radius 1 is 0.931 bits per heavy atom. The van der Waals surface area contributed by atoms with Crippen LogP contribution < -0.4 is 0 Å². The summed E-state index contributed by atoms with van der Waals surface area (Å²) in [6.07, 6.45) is 0. The summed E-state index contributed by atoms with van der Waals surface area (Å²) in [5, 5.41) is 0. The zero-order chi connectivity index (χ0) is 20.7. The molecule has 4 rings (SSSR count). The van der Waals surface area contributed by atoms with E-state index in [1.807, 2.05) is 18.4 Å². The smallest absolute Gasteiger partial charge is 0.261 e. The molecule has 2 heterocycles. The maximum absolute atomic E-state index is 13.1. The van der Waals surface area contributed by atoms with Crippen molar-refractivity contribution in [3.05, 3.63) is 94.1 Å². The lowest BCUT2D eigenvalue weighted by Crippen LogP contribution is -2.35. The summed E-state index contributed by atoms with van der Waals surface area (Å²) < 4.78 is 15.1. The lowest BCUT2D eigenvalue weighted by atomic mass is 10.1. The molecule has 0 unspecified atom stereocenters. The van der Waals surface area contributed by atoms with E-state index in [0.29, 0.717) is 23.2 Å². The predicted octanol–water partition coefficient (Wildman–Crippen LogP) is 3.77. The van der Waals surface area contributed by atoms with Crippen molar-refractivity contribution in [2.24, 2.45) is 0 Å². The molecule has 0 fully saturated rings. The van der Waals surface area contributed by atoms with Crippen molar-refractivity contribution in [2.75, 3.05) is 6.54 Å². The second-order valence-corrected chi connectivity index (χ2v) is 7.16. The molecule has 0 saturated carbocycles. The molecule has 0 bridgehead atoms. The number of fused-ring (bicyclic) bond motifs is 1. The van der Waals surface area contributed by atoms with Gasteiger partial charge in [-0.25, -0.2) is 4.39 Å². The standard InChI is InChI=1S/C23H19FN2O3/c1-14-11-20(15(2)25(14)12-16-7-9-17(24)10-8-16)21(27)13-26-22(28)18-5-3-4-6-19(18)23(26)29/h3-11H,12-13H2,1-2H3. The van der Waals surface area contributed by atoms with Gasteiger partial charge in [-0.15, -0.1) is 0 Å². The van der Waals surface area contributed by atoms with Crippen LogP contribution in [0.5, 0.6) is 0 Å². The van der Waals surface area contributed by atoms with Crippen LogP contribution in [0.4, 0.5) is 4.39 Å². The van der Waals surface area contributed by atoms with Crippen LogP contribution in [0.15, 0.2) is 54.6 Å². The van der Waals surface area contributed by atoms with Crippen LogP contribution in [0.1, 0.15) is 48.0 Å². The number of hydrogen-bond donors (Lipinski definition) is 0. The highest BCUT2D eigenvalue weighted by molar-refractivity contribution is 6.23. The molecule has 0 spiro atoms. The number of halogens is 1. The lowest BCUT2D eigenvalue weighted by molar-refractivity contribution is 0.0624. The van der Waals surface area contributed by atoms with Crippen LogP contribution in [0, 0.1) is 19.7 Å². The van der Waals surface area contributed by atoms with Gasteiger partial charge in [0.1, 0.15) is 5.82 Å². The largest absolute Gasteiger partial charge is 0.344 e. The number of benzene rings is 2. The molecular formula is C23H19FN2O3. The highest BCUT2D eigenvalue weighted by Gasteiger charge is 2.36. The minimum absolute atomic E-state index is 0.294. The molecule has 2 aromatic carbocycles. The number of carbonyl (C=O) groups excluding carboxylic acids is 3. The number of ketones is 1. The van der Waals surface area contributed by atoms with E-state index in [2.05, 4.69) is 0 Å². The Hall–Kier alpha value is -3.54. The molecule has 29 heavy (non-hydrogen) atoms. The Morgan fingerprint density at radius 2 is 1.52 bits per heavy atom. The lowest BCUT2D eigenvalue weighted by Gasteiger charge is -2.13. The summed E-state index contributed by atoms with van der Waals surface area (Å²) in [5.74, 6) is -1.48. The van der Waals surface area contributed by atoms with Crippen LogP contribution in [0.3, 0.4) is 0 Å². The summed E-state index contributed by atoms with van der Waals surface area (Å²) in [6, 6.07) is 14.5. The summed E-state index contributed by atoms with van der Waals surface area (Å²) in [5.41, 5.74) is 3.65. The fourth-order valence-corrected chi connectivity index (χ4v) is 3.71. The molecule has 3 aromatic rings. The third-order valence-corrected chi connectivity index (χ3v) is 5.31. The number of Topliss-reactive ketones (excluding diaryl/α,β-unsaturated/α-hetero) is 1. The minimum Gasteiger partial charge on any atom is -0.344 e. The van der Waals surface area contributed by atoms with E-state index in [9.17, 15) is 18.8 Å². The van der Waals surface area contributed by atoms with Crippen molar-refractivity contribution >= 4 is 17.6 Å². The van der Waals surface area contributed by atoms with Gasteiger partial charge in [0.05, 0.1) is 17.7 Å². The molecule has 6 heteroatoms. The fourth-order valence-electron chi connectivity index (χ4n) is 3.71. The second kappa shape index (κ2) is 7.13. The van der Waals surface area contributed by atoms with E-state index in [1.165, 1.54) is 12.1 Å². The van der Waals surface area contributed by atoms with Gasteiger partial charge in [0.25, 0.3) is 11.8 Å². The topological polar surface area (TPSA) is 59.4 Å². The first-order valence-electron chi connectivity index (χ1n) is 9.26. The van der Waals surface area contributed by atoms with Gasteiger partial charge < -0.3 is 4.57 Å². The molecule has 0 saturated heterocycles. The van der Waals surface area contributed by atoms with Crippen LogP contribution in [0.2, 0.25) is 0 Å². The molecule has 1 aliphatic heterocycles. The van der Waals surface area contributed by atoms with Crippen LogP contribution >= 0.6 is 0 Å². The van der Waals surface area contributed by atoms with Gasteiger partial charge >= 0.3 is 0 Å². The number of hydrogen-bond acceptors (Lipinski definition) is 3. The van der Waals surface area contributed by atoms with Crippen molar-refractivity contribution in [3.8, 4) is 0 Å². The minimum atomic E-state index is -0.445. The van der Waals surface area contributed by atoms with E-state index < -0.39 is 11.8 Å². The Balaban J connectivity index is 1.56. The highest BCUT2D eigenvalue weighted by atomic mass is 19.1. The highest BCUT2D eigenvalue weighted by Crippen LogP contribution is 2.24. The van der Waals surface area contributed by atoms with Gasteiger partial charge in [-0.1, -0.05) is 24.3 Å². The summed E-state index contributed by atoms with van der Waals surface area (Å²) in [6.45, 7) is 3.91. The molecule has 0 N–H and O–H groups in total. The quantitative estimate of drug-likeness (QED) is 0.492. The molecule has 146 valence electrons. The van der Waals surface area contributed by atoms with E-state index in [0.717, 1.165) is 21.9 Å². The summed E-state index contributed by atoms with van der Waals surface area (Å²) in [4.78, 5) is 38.9. The number of carbonyl (C=O) groups is 3. The first kappa shape index (κ1) is 18.8. The summed E-state index contributed by atoms with van der Waals surface area (Å²) in [7, 11) is 0. The molecule has 0 atom stereocenters. The van der Waals surface area contributed by atoms with Gasteiger partial charge in [0.15, 0.2) is 5.78 Å². The van der Waals surface area contributed by atoms with Gasteiger partial charge in [-0.05, 0) is 49.7 Å². The predicted molar refractivity (Wildman–Crippen MR) is 106 cm³/mol. The van der Waals surface area contributed by atoms with Crippen molar-refractivity contribution in [1.82, 2.24) is 9.47 Å². The maximum Gasteiger partial charge on any atom is 0.261 e. The van der Waals surface area contributed by atoms with E-state index in [4.69, 9.17) is 0 Å². The number of nitrogens with zero attached hydrogens (tertiary/aromatic N) is 2. The van der Waals surface area contributed by atoms with Gasteiger partial charge in [0.2, 0.25) is 0 Å². The van der Waals surface area contributed by atoms with E-state index >= 15 is 0 Å². The Morgan fingerprint density at radius 3 is 2.10 bits per heavy atom. The van der Waals surface area contributed by atoms with Crippen LogP contribution in [0.25, 0.3) is 0 Å². The third kappa shape index (κ3) is 3.27. The van der Waals surface area contributed by atoms with Crippen LogP contribution in [-0.2, 0) is 6.54 Å². The number of aromatic nitrogens is 1. The number of rotatable bonds is 5. The second-order valence-electron chi connectivity index (χ2n) is 7.16. The number of aryl methyl sites for hydroxylation is 1. The molecular weight excluding hydrogens is 371 g/mol. The van der Waals surface area contributed by atoms with Crippen molar-refractivity contribution in [1.29, 1.82) is 0 Å². The Labute approximate surface area is 167 Å². The summed E-state index contributed by atoms with van der Waals surface area (Å²) >= 11 is 0. The van der Waals surface area contributed by atoms with Gasteiger partial charge in [0, 0.05) is 23.5 Å². The van der Waals surface area contributed by atoms with Crippen LogP contribution in [-0.4, -0.2) is 33.6 Å². The Kier molecular flexibility index (Phi) is 4.62. The number of imide groups is 1. The molecule has 1 aromatic heterocycles. The van der Waals surface area contributed by atoms with Crippen molar-refractivity contribution < 1.29 is 18.8 Å². The SMILES string of the molecule is Cc1cc(C(=O)CN2C(=O)c3ccccc3C2=O)c(C)n1Cc1ccc(F)cc1. The van der Waals surface area contributed by atoms with E-state index in [-0.39, 0.29) is 18.1 Å². The fraction of sp³-hybridized carbons (Fsp3) is 0.174.